The van der Waals surface area contributed by atoms with Gasteiger partial charge in [-0.05, 0) is 36.2 Å². The van der Waals surface area contributed by atoms with Crippen molar-refractivity contribution in [2.75, 3.05) is 24.8 Å². The maximum absolute atomic E-state index is 6.07. The first-order valence-corrected chi connectivity index (χ1v) is 6.31. The molecule has 0 aliphatic rings. The standard InChI is InChI=1S/C16H20N2O/c1-12-6-4-9-15(17)16(12)18(2)11-13-7-5-8-14(10-13)19-3/h4-10H,11,17H2,1-3H3. The smallest absolute Gasteiger partial charge is 0.119 e. The Bertz CT molecular complexity index is 546. The zero-order valence-corrected chi connectivity index (χ0v) is 11.7. The summed E-state index contributed by atoms with van der Waals surface area (Å²) in [6.45, 7) is 2.88. The fourth-order valence-electron chi connectivity index (χ4n) is 2.33. The van der Waals surface area contributed by atoms with Crippen molar-refractivity contribution in [2.45, 2.75) is 13.5 Å². The molecule has 0 aliphatic carbocycles. The molecule has 2 rings (SSSR count). The number of hydrogen-bond donors (Lipinski definition) is 1. The Kier molecular flexibility index (Phi) is 3.95. The van der Waals surface area contributed by atoms with Crippen LogP contribution in [0.5, 0.6) is 5.75 Å². The summed E-state index contributed by atoms with van der Waals surface area (Å²) in [7, 11) is 3.74. The molecule has 0 heterocycles. The zero-order valence-electron chi connectivity index (χ0n) is 11.7. The third kappa shape index (κ3) is 2.99. The predicted molar refractivity (Wildman–Crippen MR) is 80.7 cm³/mol. The molecule has 0 unspecified atom stereocenters. The first kappa shape index (κ1) is 13.3. The normalized spacial score (nSPS) is 10.3. The first-order chi connectivity index (χ1) is 9.11. The van der Waals surface area contributed by atoms with Gasteiger partial charge in [0.25, 0.3) is 0 Å². The van der Waals surface area contributed by atoms with Gasteiger partial charge in [0.2, 0.25) is 0 Å². The maximum atomic E-state index is 6.07. The van der Waals surface area contributed by atoms with Crippen LogP contribution in [0.25, 0.3) is 0 Å². The summed E-state index contributed by atoms with van der Waals surface area (Å²) in [4.78, 5) is 2.17. The van der Waals surface area contributed by atoms with Crippen LogP contribution >= 0.6 is 0 Å². The second-order valence-electron chi connectivity index (χ2n) is 4.72. The van der Waals surface area contributed by atoms with E-state index in [1.165, 1.54) is 11.1 Å². The van der Waals surface area contributed by atoms with E-state index in [-0.39, 0.29) is 0 Å². The molecule has 19 heavy (non-hydrogen) atoms. The molecule has 2 N–H and O–H groups in total. The second kappa shape index (κ2) is 5.65. The molecule has 2 aromatic carbocycles. The molecule has 2 aromatic rings. The lowest BCUT2D eigenvalue weighted by atomic mass is 10.1. The Hall–Kier alpha value is -2.16. The summed E-state index contributed by atoms with van der Waals surface area (Å²) in [5.74, 6) is 0.878. The van der Waals surface area contributed by atoms with Gasteiger partial charge in [0.15, 0.2) is 0 Å². The van der Waals surface area contributed by atoms with Gasteiger partial charge in [-0.3, -0.25) is 0 Å². The number of para-hydroxylation sites is 1. The molecule has 0 spiro atoms. The molecule has 3 heteroatoms. The minimum Gasteiger partial charge on any atom is -0.497 e. The minimum absolute atomic E-state index is 0.798. The Morgan fingerprint density at radius 1 is 1.16 bits per heavy atom. The van der Waals surface area contributed by atoms with Crippen LogP contribution in [-0.4, -0.2) is 14.2 Å². The molecular weight excluding hydrogens is 236 g/mol. The average molecular weight is 256 g/mol. The molecule has 0 bridgehead atoms. The summed E-state index contributed by atoms with van der Waals surface area (Å²) in [6.07, 6.45) is 0. The topological polar surface area (TPSA) is 38.5 Å². The maximum Gasteiger partial charge on any atom is 0.119 e. The van der Waals surface area contributed by atoms with E-state index < -0.39 is 0 Å². The molecule has 0 aromatic heterocycles. The molecule has 0 aliphatic heterocycles. The van der Waals surface area contributed by atoms with Gasteiger partial charge >= 0.3 is 0 Å². The monoisotopic (exact) mass is 256 g/mol. The van der Waals surface area contributed by atoms with Gasteiger partial charge in [0.05, 0.1) is 18.5 Å². The minimum atomic E-state index is 0.798. The molecular formula is C16H20N2O. The number of ether oxygens (including phenoxy) is 1. The number of hydrogen-bond acceptors (Lipinski definition) is 3. The molecule has 0 atom stereocenters. The van der Waals surface area contributed by atoms with Crippen molar-refractivity contribution in [3.8, 4) is 5.75 Å². The van der Waals surface area contributed by atoms with E-state index in [9.17, 15) is 0 Å². The average Bonchev–Trinajstić information content (AvgIpc) is 2.38. The van der Waals surface area contributed by atoms with Crippen LogP contribution in [0.3, 0.4) is 0 Å². The summed E-state index contributed by atoms with van der Waals surface area (Å²) in [6, 6.07) is 14.1. The fourth-order valence-corrected chi connectivity index (χ4v) is 2.33. The lowest BCUT2D eigenvalue weighted by Crippen LogP contribution is -2.18. The highest BCUT2D eigenvalue weighted by Crippen LogP contribution is 2.27. The lowest BCUT2D eigenvalue weighted by molar-refractivity contribution is 0.414. The van der Waals surface area contributed by atoms with Gasteiger partial charge in [-0.2, -0.15) is 0 Å². The third-order valence-electron chi connectivity index (χ3n) is 3.20. The van der Waals surface area contributed by atoms with E-state index >= 15 is 0 Å². The van der Waals surface area contributed by atoms with Crippen molar-refractivity contribution in [2.24, 2.45) is 0 Å². The van der Waals surface area contributed by atoms with Crippen LogP contribution in [-0.2, 0) is 6.54 Å². The molecule has 0 radical (unpaired) electrons. The van der Waals surface area contributed by atoms with Crippen molar-refractivity contribution in [1.29, 1.82) is 0 Å². The Morgan fingerprint density at radius 2 is 1.89 bits per heavy atom. The van der Waals surface area contributed by atoms with Crippen molar-refractivity contribution < 1.29 is 4.74 Å². The predicted octanol–water partition coefficient (Wildman–Crippen LogP) is 3.22. The number of aryl methyl sites for hydroxylation is 1. The third-order valence-corrected chi connectivity index (χ3v) is 3.20. The zero-order chi connectivity index (χ0) is 13.8. The van der Waals surface area contributed by atoms with Crippen LogP contribution in [0.2, 0.25) is 0 Å². The second-order valence-corrected chi connectivity index (χ2v) is 4.72. The van der Waals surface area contributed by atoms with E-state index in [4.69, 9.17) is 10.5 Å². The van der Waals surface area contributed by atoms with Gasteiger partial charge < -0.3 is 15.4 Å². The number of nitrogen functional groups attached to an aromatic ring is 1. The highest BCUT2D eigenvalue weighted by atomic mass is 16.5. The van der Waals surface area contributed by atoms with Crippen molar-refractivity contribution >= 4 is 11.4 Å². The molecule has 0 saturated heterocycles. The molecule has 0 saturated carbocycles. The molecule has 100 valence electrons. The van der Waals surface area contributed by atoms with Crippen LogP contribution < -0.4 is 15.4 Å². The van der Waals surface area contributed by atoms with E-state index in [2.05, 4.69) is 31.0 Å². The van der Waals surface area contributed by atoms with Crippen LogP contribution in [0, 0.1) is 6.92 Å². The summed E-state index contributed by atoms with van der Waals surface area (Å²) in [5, 5.41) is 0. The van der Waals surface area contributed by atoms with E-state index in [1.807, 2.05) is 30.3 Å². The van der Waals surface area contributed by atoms with Crippen molar-refractivity contribution in [1.82, 2.24) is 0 Å². The highest BCUT2D eigenvalue weighted by molar-refractivity contribution is 5.71. The van der Waals surface area contributed by atoms with Gasteiger partial charge in [-0.25, -0.2) is 0 Å². The Morgan fingerprint density at radius 3 is 2.58 bits per heavy atom. The van der Waals surface area contributed by atoms with E-state index in [1.54, 1.807) is 7.11 Å². The van der Waals surface area contributed by atoms with E-state index in [0.717, 1.165) is 23.7 Å². The molecule has 0 amide bonds. The van der Waals surface area contributed by atoms with Crippen molar-refractivity contribution in [3.05, 3.63) is 53.6 Å². The van der Waals surface area contributed by atoms with Gasteiger partial charge in [-0.15, -0.1) is 0 Å². The Balaban J connectivity index is 2.23. The summed E-state index contributed by atoms with van der Waals surface area (Å²) >= 11 is 0. The van der Waals surface area contributed by atoms with Gasteiger partial charge in [0.1, 0.15) is 5.75 Å². The SMILES string of the molecule is COc1cccc(CN(C)c2c(C)cccc2N)c1. The molecule has 3 nitrogen and oxygen atoms in total. The van der Waals surface area contributed by atoms with Gasteiger partial charge in [-0.1, -0.05) is 24.3 Å². The first-order valence-electron chi connectivity index (χ1n) is 6.31. The number of benzene rings is 2. The van der Waals surface area contributed by atoms with Gasteiger partial charge in [0, 0.05) is 13.6 Å². The number of nitrogens with two attached hydrogens (primary N) is 1. The van der Waals surface area contributed by atoms with Crippen LogP contribution in [0.4, 0.5) is 11.4 Å². The van der Waals surface area contributed by atoms with Crippen LogP contribution in [0.1, 0.15) is 11.1 Å². The van der Waals surface area contributed by atoms with Crippen molar-refractivity contribution in [3.63, 3.8) is 0 Å². The number of nitrogens with zero attached hydrogens (tertiary/aromatic N) is 1. The lowest BCUT2D eigenvalue weighted by Gasteiger charge is -2.23. The van der Waals surface area contributed by atoms with E-state index in [0.29, 0.717) is 0 Å². The van der Waals surface area contributed by atoms with Crippen LogP contribution in [0.15, 0.2) is 42.5 Å². The number of rotatable bonds is 4. The Labute approximate surface area is 114 Å². The highest BCUT2D eigenvalue weighted by Gasteiger charge is 2.09. The largest absolute Gasteiger partial charge is 0.497 e. The summed E-state index contributed by atoms with van der Waals surface area (Å²) < 4.78 is 5.25. The fraction of sp³-hybridized carbons (Fsp3) is 0.250. The summed E-state index contributed by atoms with van der Waals surface area (Å²) in [5.41, 5.74) is 10.3. The quantitative estimate of drug-likeness (QED) is 0.854. The number of anilines is 2. The molecule has 0 fully saturated rings. The number of methoxy groups -OCH3 is 1.